The van der Waals surface area contributed by atoms with Crippen LogP contribution in [0.2, 0.25) is 0 Å². The number of aromatic nitrogens is 2. The maximum absolute atomic E-state index is 13.6. The summed E-state index contributed by atoms with van der Waals surface area (Å²) in [5.41, 5.74) is 2.62. The van der Waals surface area contributed by atoms with Crippen molar-refractivity contribution in [3.05, 3.63) is 53.1 Å². The molecule has 0 radical (unpaired) electrons. The molecule has 2 rings (SSSR count). The lowest BCUT2D eigenvalue weighted by Gasteiger charge is -2.16. The van der Waals surface area contributed by atoms with Crippen molar-refractivity contribution >= 4 is 0 Å². The highest BCUT2D eigenvalue weighted by Crippen LogP contribution is 2.19. The zero-order valence-corrected chi connectivity index (χ0v) is 10.9. The molecule has 1 unspecified atom stereocenters. The van der Waals surface area contributed by atoms with E-state index >= 15 is 0 Å². The number of hydrogen-bond donors (Lipinski definition) is 1. The number of nitrogens with one attached hydrogen (secondary N) is 1. The van der Waals surface area contributed by atoms with Crippen molar-refractivity contribution < 1.29 is 4.39 Å². The molecular formula is C14H18FN3. The van der Waals surface area contributed by atoms with E-state index in [0.29, 0.717) is 5.56 Å². The van der Waals surface area contributed by atoms with Crippen molar-refractivity contribution in [3.8, 4) is 0 Å². The van der Waals surface area contributed by atoms with Crippen LogP contribution in [0, 0.1) is 12.7 Å². The number of benzene rings is 1. The molecule has 4 heteroatoms. The first kappa shape index (κ1) is 12.8. The molecular weight excluding hydrogens is 229 g/mol. The van der Waals surface area contributed by atoms with Gasteiger partial charge in [0.2, 0.25) is 0 Å². The first-order valence-corrected chi connectivity index (χ1v) is 6.02. The van der Waals surface area contributed by atoms with E-state index < -0.39 is 0 Å². The van der Waals surface area contributed by atoms with E-state index in [-0.39, 0.29) is 11.9 Å². The number of likely N-dealkylation sites (N-methyl/N-ethyl adjacent to an activating group) is 1. The third kappa shape index (κ3) is 2.76. The van der Waals surface area contributed by atoms with Crippen LogP contribution in [0.4, 0.5) is 4.39 Å². The summed E-state index contributed by atoms with van der Waals surface area (Å²) >= 11 is 0. The van der Waals surface area contributed by atoms with Crippen molar-refractivity contribution in [3.63, 3.8) is 0 Å². The first-order valence-electron chi connectivity index (χ1n) is 6.02. The molecule has 1 N–H and O–H groups in total. The van der Waals surface area contributed by atoms with Gasteiger partial charge in [-0.2, -0.15) is 5.10 Å². The summed E-state index contributed by atoms with van der Waals surface area (Å²) in [7, 11) is 3.77. The molecule has 1 heterocycles. The number of halogens is 1. The Morgan fingerprint density at radius 3 is 2.72 bits per heavy atom. The van der Waals surface area contributed by atoms with E-state index in [0.717, 1.165) is 17.7 Å². The van der Waals surface area contributed by atoms with Crippen molar-refractivity contribution in [2.24, 2.45) is 7.05 Å². The first-order chi connectivity index (χ1) is 8.60. The number of rotatable bonds is 4. The summed E-state index contributed by atoms with van der Waals surface area (Å²) in [4.78, 5) is 0. The van der Waals surface area contributed by atoms with Crippen molar-refractivity contribution in [2.75, 3.05) is 7.05 Å². The van der Waals surface area contributed by atoms with Gasteiger partial charge in [0, 0.05) is 25.7 Å². The SMILES string of the molecule is CNC(Cc1ccn(C)n1)c1ccc(C)c(F)c1. The Labute approximate surface area is 107 Å². The van der Waals surface area contributed by atoms with E-state index in [1.807, 2.05) is 38.5 Å². The van der Waals surface area contributed by atoms with Gasteiger partial charge < -0.3 is 5.32 Å². The van der Waals surface area contributed by atoms with E-state index in [1.165, 1.54) is 0 Å². The molecule has 0 fully saturated rings. The van der Waals surface area contributed by atoms with Crippen molar-refractivity contribution in [1.82, 2.24) is 15.1 Å². The molecule has 0 aliphatic heterocycles. The highest BCUT2D eigenvalue weighted by molar-refractivity contribution is 5.26. The molecule has 96 valence electrons. The summed E-state index contributed by atoms with van der Waals surface area (Å²) in [5, 5.41) is 7.55. The van der Waals surface area contributed by atoms with Crippen LogP contribution in [0.1, 0.15) is 22.9 Å². The third-order valence-corrected chi connectivity index (χ3v) is 3.13. The predicted octanol–water partition coefficient (Wildman–Crippen LogP) is 2.37. The molecule has 0 saturated carbocycles. The fourth-order valence-electron chi connectivity index (χ4n) is 1.99. The third-order valence-electron chi connectivity index (χ3n) is 3.13. The molecule has 0 bridgehead atoms. The molecule has 18 heavy (non-hydrogen) atoms. The zero-order chi connectivity index (χ0) is 13.1. The van der Waals surface area contributed by atoms with E-state index in [2.05, 4.69) is 10.4 Å². The van der Waals surface area contributed by atoms with Gasteiger partial charge >= 0.3 is 0 Å². The van der Waals surface area contributed by atoms with Crippen LogP contribution in [0.25, 0.3) is 0 Å². The Morgan fingerprint density at radius 1 is 1.39 bits per heavy atom. The van der Waals surface area contributed by atoms with Crippen LogP contribution in [-0.2, 0) is 13.5 Å². The fourth-order valence-corrected chi connectivity index (χ4v) is 1.99. The minimum atomic E-state index is -0.159. The summed E-state index contributed by atoms with van der Waals surface area (Å²) in [6, 6.07) is 7.43. The minimum absolute atomic E-state index is 0.0787. The molecule has 0 saturated heterocycles. The lowest BCUT2D eigenvalue weighted by atomic mass is 10.0. The van der Waals surface area contributed by atoms with Crippen LogP contribution in [0.3, 0.4) is 0 Å². The van der Waals surface area contributed by atoms with Gasteiger partial charge in [0.1, 0.15) is 5.82 Å². The van der Waals surface area contributed by atoms with Gasteiger partial charge in [-0.25, -0.2) is 4.39 Å². The Kier molecular flexibility index (Phi) is 3.77. The van der Waals surface area contributed by atoms with Gasteiger partial charge in [0.15, 0.2) is 0 Å². The molecule has 0 aliphatic rings. The van der Waals surface area contributed by atoms with E-state index in [1.54, 1.807) is 17.7 Å². The zero-order valence-electron chi connectivity index (χ0n) is 10.9. The summed E-state index contributed by atoms with van der Waals surface area (Å²) in [6.45, 7) is 1.77. The monoisotopic (exact) mass is 247 g/mol. The average molecular weight is 247 g/mol. The maximum atomic E-state index is 13.6. The van der Waals surface area contributed by atoms with Gasteiger partial charge in [0.25, 0.3) is 0 Å². The molecule has 0 amide bonds. The normalized spacial score (nSPS) is 12.7. The Bertz CT molecular complexity index is 534. The van der Waals surface area contributed by atoms with Crippen LogP contribution >= 0.6 is 0 Å². The van der Waals surface area contributed by atoms with Gasteiger partial charge in [-0.1, -0.05) is 12.1 Å². The molecule has 1 atom stereocenters. The largest absolute Gasteiger partial charge is 0.313 e. The van der Waals surface area contributed by atoms with Crippen molar-refractivity contribution in [1.29, 1.82) is 0 Å². The van der Waals surface area contributed by atoms with E-state index in [4.69, 9.17) is 0 Å². The highest BCUT2D eigenvalue weighted by atomic mass is 19.1. The maximum Gasteiger partial charge on any atom is 0.126 e. The van der Waals surface area contributed by atoms with Gasteiger partial charge in [-0.05, 0) is 37.2 Å². The summed E-state index contributed by atoms with van der Waals surface area (Å²) in [6.07, 6.45) is 2.66. The van der Waals surface area contributed by atoms with Gasteiger partial charge in [0.05, 0.1) is 5.69 Å². The Morgan fingerprint density at radius 2 is 2.17 bits per heavy atom. The topological polar surface area (TPSA) is 29.9 Å². The molecule has 3 nitrogen and oxygen atoms in total. The number of aryl methyl sites for hydroxylation is 2. The average Bonchev–Trinajstić information content (AvgIpc) is 2.75. The van der Waals surface area contributed by atoms with Crippen molar-refractivity contribution in [2.45, 2.75) is 19.4 Å². The summed E-state index contributed by atoms with van der Waals surface area (Å²) in [5.74, 6) is -0.159. The number of hydrogen-bond acceptors (Lipinski definition) is 2. The Balaban J connectivity index is 2.19. The lowest BCUT2D eigenvalue weighted by Crippen LogP contribution is -2.19. The molecule has 1 aromatic heterocycles. The second kappa shape index (κ2) is 5.31. The molecule has 0 aliphatic carbocycles. The van der Waals surface area contributed by atoms with E-state index in [9.17, 15) is 4.39 Å². The smallest absolute Gasteiger partial charge is 0.126 e. The standard InChI is InChI=1S/C14H18FN3/c1-10-4-5-11(8-13(10)15)14(16-2)9-12-6-7-18(3)17-12/h4-8,14,16H,9H2,1-3H3. The predicted molar refractivity (Wildman–Crippen MR) is 69.8 cm³/mol. The lowest BCUT2D eigenvalue weighted by molar-refractivity contribution is 0.564. The quantitative estimate of drug-likeness (QED) is 0.899. The van der Waals surface area contributed by atoms with Gasteiger partial charge in [-0.3, -0.25) is 4.68 Å². The second-order valence-corrected chi connectivity index (χ2v) is 4.53. The fraction of sp³-hybridized carbons (Fsp3) is 0.357. The Hall–Kier alpha value is -1.68. The van der Waals surface area contributed by atoms with Gasteiger partial charge in [-0.15, -0.1) is 0 Å². The molecule has 2 aromatic rings. The second-order valence-electron chi connectivity index (χ2n) is 4.53. The molecule has 1 aromatic carbocycles. The van der Waals surface area contributed by atoms with Crippen LogP contribution < -0.4 is 5.32 Å². The summed E-state index contributed by atoms with van der Waals surface area (Å²) < 4.78 is 15.3. The van der Waals surface area contributed by atoms with Crippen LogP contribution in [-0.4, -0.2) is 16.8 Å². The molecule has 0 spiro atoms. The van der Waals surface area contributed by atoms with Crippen LogP contribution in [0.15, 0.2) is 30.5 Å². The van der Waals surface area contributed by atoms with Crippen LogP contribution in [0.5, 0.6) is 0 Å². The number of nitrogens with zero attached hydrogens (tertiary/aromatic N) is 2. The highest BCUT2D eigenvalue weighted by Gasteiger charge is 2.13. The minimum Gasteiger partial charge on any atom is -0.313 e.